The fourth-order valence-corrected chi connectivity index (χ4v) is 2.26. The molecule has 0 saturated carbocycles. The molecule has 0 unspecified atom stereocenters. The van der Waals surface area contributed by atoms with E-state index >= 15 is 0 Å². The maximum absolute atomic E-state index is 4.36. The van der Waals surface area contributed by atoms with Crippen LogP contribution in [-0.4, -0.2) is 15.0 Å². The van der Waals surface area contributed by atoms with Gasteiger partial charge in [-0.3, -0.25) is 4.98 Å². The monoisotopic (exact) mass is 285 g/mol. The summed E-state index contributed by atoms with van der Waals surface area (Å²) in [5.41, 5.74) is 2.90. The van der Waals surface area contributed by atoms with E-state index in [0.717, 1.165) is 26.6 Å². The maximum Gasteiger partial charge on any atom is 0.116 e. The summed E-state index contributed by atoms with van der Waals surface area (Å²) in [5, 5.41) is 1.04. The number of benzene rings is 1. The van der Waals surface area contributed by atoms with Crippen LogP contribution >= 0.6 is 15.9 Å². The second kappa shape index (κ2) is 4.22. The Morgan fingerprint density at radius 2 is 1.76 bits per heavy atom. The highest BCUT2D eigenvalue weighted by molar-refractivity contribution is 9.10. The zero-order chi connectivity index (χ0) is 11.7. The average molecular weight is 286 g/mol. The molecule has 0 radical (unpaired) electrons. The van der Waals surface area contributed by atoms with Crippen LogP contribution in [-0.2, 0) is 0 Å². The van der Waals surface area contributed by atoms with Crippen molar-refractivity contribution in [2.24, 2.45) is 0 Å². The van der Waals surface area contributed by atoms with Gasteiger partial charge in [0.05, 0.1) is 11.2 Å². The van der Waals surface area contributed by atoms with Crippen LogP contribution in [0.4, 0.5) is 0 Å². The molecule has 0 aliphatic heterocycles. The molecule has 0 aliphatic carbocycles. The third kappa shape index (κ3) is 1.80. The lowest BCUT2D eigenvalue weighted by Gasteiger charge is -2.05. The molecule has 0 saturated heterocycles. The molecule has 82 valence electrons. The van der Waals surface area contributed by atoms with E-state index in [4.69, 9.17) is 0 Å². The minimum atomic E-state index is 0.925. The van der Waals surface area contributed by atoms with Crippen LogP contribution < -0.4 is 0 Å². The number of hydrogen-bond donors (Lipinski definition) is 0. The van der Waals surface area contributed by atoms with Crippen molar-refractivity contribution in [1.29, 1.82) is 0 Å². The fraction of sp³-hybridized carbons (Fsp3) is 0. The predicted octanol–water partition coefficient (Wildman–Crippen LogP) is 3.45. The second-order valence-corrected chi connectivity index (χ2v) is 4.45. The van der Waals surface area contributed by atoms with Crippen LogP contribution in [0.2, 0.25) is 0 Å². The summed E-state index contributed by atoms with van der Waals surface area (Å²) >= 11 is 3.50. The van der Waals surface area contributed by atoms with Crippen molar-refractivity contribution in [3.63, 3.8) is 0 Å². The third-order valence-corrected chi connectivity index (χ3v) is 3.21. The first kappa shape index (κ1) is 10.4. The lowest BCUT2D eigenvalue weighted by molar-refractivity contribution is 1.21. The zero-order valence-corrected chi connectivity index (χ0v) is 10.4. The van der Waals surface area contributed by atoms with Gasteiger partial charge in [-0.25, -0.2) is 9.97 Å². The molecule has 0 spiro atoms. The first-order valence-electron chi connectivity index (χ1n) is 5.16. The van der Waals surface area contributed by atoms with Gasteiger partial charge in [-0.05, 0) is 34.1 Å². The van der Waals surface area contributed by atoms with Gasteiger partial charge >= 0.3 is 0 Å². The summed E-state index contributed by atoms with van der Waals surface area (Å²) < 4.78 is 0.979. The Kier molecular flexibility index (Phi) is 2.57. The molecular weight excluding hydrogens is 278 g/mol. The molecule has 0 N–H and O–H groups in total. The van der Waals surface area contributed by atoms with Crippen molar-refractivity contribution < 1.29 is 0 Å². The van der Waals surface area contributed by atoms with E-state index in [1.807, 2.05) is 30.3 Å². The Hall–Kier alpha value is -1.81. The van der Waals surface area contributed by atoms with Crippen LogP contribution in [0.15, 0.2) is 53.5 Å². The molecule has 0 fully saturated rings. The third-order valence-electron chi connectivity index (χ3n) is 2.57. The van der Waals surface area contributed by atoms with E-state index in [1.165, 1.54) is 0 Å². The van der Waals surface area contributed by atoms with Gasteiger partial charge in [0.25, 0.3) is 0 Å². The molecule has 0 amide bonds. The number of hydrogen-bond acceptors (Lipinski definition) is 3. The van der Waals surface area contributed by atoms with E-state index < -0.39 is 0 Å². The van der Waals surface area contributed by atoms with E-state index in [-0.39, 0.29) is 0 Å². The Morgan fingerprint density at radius 1 is 0.941 bits per heavy atom. The first-order valence-corrected chi connectivity index (χ1v) is 5.95. The molecule has 2 heterocycles. The lowest BCUT2D eigenvalue weighted by Crippen LogP contribution is -1.89. The van der Waals surface area contributed by atoms with Gasteiger partial charge in [-0.15, -0.1) is 0 Å². The van der Waals surface area contributed by atoms with E-state index in [2.05, 4.69) is 30.9 Å². The normalized spacial score (nSPS) is 10.6. The highest BCUT2D eigenvalue weighted by atomic mass is 79.9. The standard InChI is InChI=1S/C13H8BrN3/c14-11-3-1-2-10-12(16-8-17-13(10)11)9-4-6-15-7-5-9/h1-8H. The summed E-state index contributed by atoms with van der Waals surface area (Å²) in [4.78, 5) is 12.7. The molecule has 0 bridgehead atoms. The Morgan fingerprint density at radius 3 is 2.59 bits per heavy atom. The molecule has 1 aromatic carbocycles. The number of nitrogens with zero attached hydrogens (tertiary/aromatic N) is 3. The van der Waals surface area contributed by atoms with Gasteiger partial charge < -0.3 is 0 Å². The Balaban J connectivity index is 2.35. The largest absolute Gasteiger partial charge is 0.265 e. The van der Waals surface area contributed by atoms with Crippen molar-refractivity contribution in [2.75, 3.05) is 0 Å². The highest BCUT2D eigenvalue weighted by Crippen LogP contribution is 2.28. The molecule has 3 rings (SSSR count). The van der Waals surface area contributed by atoms with E-state index in [9.17, 15) is 0 Å². The summed E-state index contributed by atoms with van der Waals surface area (Å²) in [7, 11) is 0. The number of pyridine rings is 1. The SMILES string of the molecule is Brc1cccc2c(-c3ccncc3)ncnc12. The minimum Gasteiger partial charge on any atom is -0.265 e. The van der Waals surface area contributed by atoms with Crippen molar-refractivity contribution in [3.8, 4) is 11.3 Å². The lowest BCUT2D eigenvalue weighted by atomic mass is 10.1. The van der Waals surface area contributed by atoms with Gasteiger partial charge in [-0.2, -0.15) is 0 Å². The molecular formula is C13H8BrN3. The maximum atomic E-state index is 4.36. The quantitative estimate of drug-likeness (QED) is 0.687. The highest BCUT2D eigenvalue weighted by Gasteiger charge is 2.07. The summed E-state index contributed by atoms with van der Waals surface area (Å²) in [6.45, 7) is 0. The molecule has 0 aliphatic rings. The minimum absolute atomic E-state index is 0.925. The van der Waals surface area contributed by atoms with Crippen LogP contribution in [0.3, 0.4) is 0 Å². The molecule has 2 aromatic heterocycles. The van der Waals surface area contributed by atoms with Gasteiger partial charge in [0.2, 0.25) is 0 Å². The summed E-state index contributed by atoms with van der Waals surface area (Å²) in [5.74, 6) is 0. The van der Waals surface area contributed by atoms with Crippen LogP contribution in [0.25, 0.3) is 22.2 Å². The summed E-state index contributed by atoms with van der Waals surface area (Å²) in [6, 6.07) is 9.88. The number of para-hydroxylation sites is 1. The predicted molar refractivity (Wildman–Crippen MR) is 70.5 cm³/mol. The molecule has 17 heavy (non-hydrogen) atoms. The second-order valence-electron chi connectivity index (χ2n) is 3.59. The Labute approximate surface area is 107 Å². The van der Waals surface area contributed by atoms with Gasteiger partial charge in [0.1, 0.15) is 6.33 Å². The van der Waals surface area contributed by atoms with E-state index in [1.54, 1.807) is 18.7 Å². The smallest absolute Gasteiger partial charge is 0.116 e. The fourth-order valence-electron chi connectivity index (χ4n) is 1.79. The van der Waals surface area contributed by atoms with Gasteiger partial charge in [0.15, 0.2) is 0 Å². The summed E-state index contributed by atoms with van der Waals surface area (Å²) in [6.07, 6.45) is 5.12. The van der Waals surface area contributed by atoms with Crippen molar-refractivity contribution >= 4 is 26.8 Å². The van der Waals surface area contributed by atoms with Gasteiger partial charge in [0, 0.05) is 27.8 Å². The topological polar surface area (TPSA) is 38.7 Å². The molecule has 0 atom stereocenters. The average Bonchev–Trinajstić information content (AvgIpc) is 2.40. The first-order chi connectivity index (χ1) is 8.36. The number of fused-ring (bicyclic) bond motifs is 1. The molecule has 3 nitrogen and oxygen atoms in total. The van der Waals surface area contributed by atoms with Crippen LogP contribution in [0.5, 0.6) is 0 Å². The van der Waals surface area contributed by atoms with Crippen molar-refractivity contribution in [1.82, 2.24) is 15.0 Å². The number of rotatable bonds is 1. The molecule has 4 heteroatoms. The van der Waals surface area contributed by atoms with Crippen LogP contribution in [0, 0.1) is 0 Å². The molecule has 3 aromatic rings. The van der Waals surface area contributed by atoms with Crippen molar-refractivity contribution in [3.05, 3.63) is 53.5 Å². The number of halogens is 1. The van der Waals surface area contributed by atoms with E-state index in [0.29, 0.717) is 0 Å². The zero-order valence-electron chi connectivity index (χ0n) is 8.84. The van der Waals surface area contributed by atoms with Gasteiger partial charge in [-0.1, -0.05) is 12.1 Å². The Bertz CT molecular complexity index is 668. The van der Waals surface area contributed by atoms with Crippen LogP contribution in [0.1, 0.15) is 0 Å². The van der Waals surface area contributed by atoms with Crippen molar-refractivity contribution in [2.45, 2.75) is 0 Å². The number of aromatic nitrogens is 3.